The van der Waals surface area contributed by atoms with E-state index in [-0.39, 0.29) is 5.43 Å². The quantitative estimate of drug-likeness (QED) is 0.264. The second-order valence-electron chi connectivity index (χ2n) is 8.31. The van der Waals surface area contributed by atoms with Gasteiger partial charge in [0.05, 0.1) is 12.0 Å². The molecule has 0 fully saturated rings. The van der Waals surface area contributed by atoms with Crippen molar-refractivity contribution in [1.29, 1.82) is 0 Å². The first-order valence-electron chi connectivity index (χ1n) is 12.0. The third-order valence-corrected chi connectivity index (χ3v) is 6.56. The summed E-state index contributed by atoms with van der Waals surface area (Å²) in [7, 11) is 0. The van der Waals surface area contributed by atoms with Gasteiger partial charge in [0.1, 0.15) is 4.83 Å². The lowest BCUT2D eigenvalue weighted by atomic mass is 10.1. The Balaban J connectivity index is 1.70. The molecule has 1 N–H and O–H groups in total. The van der Waals surface area contributed by atoms with Gasteiger partial charge in [-0.15, -0.1) is 0 Å². The summed E-state index contributed by atoms with van der Waals surface area (Å²) in [5, 5.41) is 1.64. The molecule has 4 heteroatoms. The highest BCUT2D eigenvalue weighted by atomic mass is 32.1. The van der Waals surface area contributed by atoms with Crippen LogP contribution in [-0.4, -0.2) is 11.6 Å². The van der Waals surface area contributed by atoms with E-state index < -0.39 is 0 Å². The third kappa shape index (κ3) is 9.37. The first kappa shape index (κ1) is 24.0. The zero-order valence-corrected chi connectivity index (χ0v) is 19.5. The van der Waals surface area contributed by atoms with E-state index in [4.69, 9.17) is 4.74 Å². The summed E-state index contributed by atoms with van der Waals surface area (Å²) < 4.78 is 5.93. The van der Waals surface area contributed by atoms with Gasteiger partial charge in [0.15, 0.2) is 10.5 Å². The van der Waals surface area contributed by atoms with Crippen LogP contribution in [0.4, 0.5) is 0 Å². The highest BCUT2D eigenvalue weighted by Crippen LogP contribution is 2.29. The second-order valence-corrected chi connectivity index (χ2v) is 9.32. The largest absolute Gasteiger partial charge is 0.484 e. The van der Waals surface area contributed by atoms with Gasteiger partial charge in [-0.25, -0.2) is 0 Å². The zero-order chi connectivity index (χ0) is 20.7. The number of thiophene rings is 1. The molecule has 0 unspecified atom stereocenters. The lowest BCUT2D eigenvalue weighted by Gasteiger charge is -2.03. The molecule has 29 heavy (non-hydrogen) atoms. The Morgan fingerprint density at radius 2 is 1.38 bits per heavy atom. The Bertz CT molecular complexity index is 734. The topological polar surface area (TPSA) is 42.1 Å². The van der Waals surface area contributed by atoms with Crippen LogP contribution in [0.3, 0.4) is 0 Å². The normalized spacial score (nSPS) is 11.4. The van der Waals surface area contributed by atoms with Gasteiger partial charge in [-0.3, -0.25) is 4.79 Å². The minimum atomic E-state index is 0.123. The molecule has 2 rings (SSSR count). The number of rotatable bonds is 17. The average molecular weight is 420 g/mol. The molecule has 0 spiro atoms. The summed E-state index contributed by atoms with van der Waals surface area (Å²) in [6.45, 7) is 5.25. The van der Waals surface area contributed by atoms with Crippen molar-refractivity contribution in [3.05, 3.63) is 28.0 Å². The van der Waals surface area contributed by atoms with Gasteiger partial charge in [-0.2, -0.15) is 0 Å². The number of nitrogens with one attached hydrogen (secondary N) is 1. The molecule has 2 aromatic heterocycles. The number of H-pyrrole nitrogens is 1. The van der Waals surface area contributed by atoms with Crippen LogP contribution in [0.25, 0.3) is 10.2 Å². The second kappa shape index (κ2) is 14.7. The molecule has 0 radical (unpaired) electrons. The van der Waals surface area contributed by atoms with Crippen LogP contribution in [-0.2, 0) is 6.42 Å². The average Bonchev–Trinajstić information content (AvgIpc) is 3.13. The number of pyridine rings is 1. The predicted octanol–water partition coefficient (Wildman–Crippen LogP) is 8.01. The van der Waals surface area contributed by atoms with Crippen LogP contribution in [0.2, 0.25) is 0 Å². The minimum Gasteiger partial charge on any atom is -0.484 e. The maximum atomic E-state index is 12.4. The van der Waals surface area contributed by atoms with Gasteiger partial charge in [0, 0.05) is 17.8 Å². The van der Waals surface area contributed by atoms with Crippen LogP contribution in [0.5, 0.6) is 5.06 Å². The fourth-order valence-electron chi connectivity index (χ4n) is 3.77. The summed E-state index contributed by atoms with van der Waals surface area (Å²) in [6.07, 6.45) is 19.0. The fraction of sp³-hybridized carbons (Fsp3) is 0.720. The van der Waals surface area contributed by atoms with Crippen LogP contribution < -0.4 is 10.2 Å². The molecule has 0 amide bonds. The summed E-state index contributed by atoms with van der Waals surface area (Å²) in [5.41, 5.74) is 1.19. The summed E-state index contributed by atoms with van der Waals surface area (Å²) in [6, 6.07) is 3.70. The van der Waals surface area contributed by atoms with Crippen molar-refractivity contribution in [2.45, 2.75) is 110 Å². The smallest absolute Gasteiger partial charge is 0.190 e. The van der Waals surface area contributed by atoms with Crippen molar-refractivity contribution < 1.29 is 4.74 Å². The number of hydrogen-bond donors (Lipinski definition) is 1. The molecule has 0 aromatic carbocycles. The van der Waals surface area contributed by atoms with Crippen molar-refractivity contribution in [3.8, 4) is 5.06 Å². The van der Waals surface area contributed by atoms with Crippen LogP contribution >= 0.6 is 11.3 Å². The highest BCUT2D eigenvalue weighted by Gasteiger charge is 2.08. The molecule has 2 heterocycles. The van der Waals surface area contributed by atoms with Gasteiger partial charge < -0.3 is 9.72 Å². The number of unbranched alkanes of at least 4 members (excludes halogenated alkanes) is 12. The Kier molecular flexibility index (Phi) is 12.1. The molecule has 2 aromatic rings. The van der Waals surface area contributed by atoms with Crippen molar-refractivity contribution in [1.82, 2.24) is 4.98 Å². The van der Waals surface area contributed by atoms with E-state index in [9.17, 15) is 4.79 Å². The Morgan fingerprint density at radius 3 is 2.03 bits per heavy atom. The van der Waals surface area contributed by atoms with Gasteiger partial charge in [-0.05, 0) is 19.3 Å². The summed E-state index contributed by atoms with van der Waals surface area (Å²) in [4.78, 5) is 16.9. The van der Waals surface area contributed by atoms with Crippen LogP contribution in [0, 0.1) is 0 Å². The first-order chi connectivity index (χ1) is 14.2. The van der Waals surface area contributed by atoms with E-state index in [1.54, 1.807) is 17.4 Å². The molecule has 0 aliphatic rings. The molecule has 164 valence electrons. The lowest BCUT2D eigenvalue weighted by molar-refractivity contribution is 0.313. The minimum absolute atomic E-state index is 0.123. The molecular weight excluding hydrogens is 378 g/mol. The highest BCUT2D eigenvalue weighted by molar-refractivity contribution is 7.20. The number of aryl methyl sites for hydroxylation is 1. The van der Waals surface area contributed by atoms with Crippen molar-refractivity contribution in [3.63, 3.8) is 0 Å². The summed E-state index contributed by atoms with van der Waals surface area (Å²) >= 11 is 1.58. The van der Waals surface area contributed by atoms with Gasteiger partial charge in [0.25, 0.3) is 0 Å². The van der Waals surface area contributed by atoms with Gasteiger partial charge in [0.2, 0.25) is 0 Å². The van der Waals surface area contributed by atoms with E-state index in [2.05, 4.69) is 18.8 Å². The van der Waals surface area contributed by atoms with Gasteiger partial charge >= 0.3 is 0 Å². The SMILES string of the molecule is CCCCCCCCCCOc1cc2c(=O)cc(CCCCCCCC)[nH]c2s1. The molecule has 3 nitrogen and oxygen atoms in total. The van der Waals surface area contributed by atoms with E-state index >= 15 is 0 Å². The van der Waals surface area contributed by atoms with E-state index in [0.717, 1.165) is 46.8 Å². The maximum Gasteiger partial charge on any atom is 0.190 e. The molecule has 0 aliphatic carbocycles. The molecule has 0 bridgehead atoms. The first-order valence-corrected chi connectivity index (χ1v) is 12.8. The number of fused-ring (bicyclic) bond motifs is 1. The van der Waals surface area contributed by atoms with Crippen molar-refractivity contribution in [2.75, 3.05) is 6.61 Å². The Labute approximate surface area is 181 Å². The molecule has 0 saturated heterocycles. The van der Waals surface area contributed by atoms with E-state index in [0.29, 0.717) is 0 Å². The van der Waals surface area contributed by atoms with Crippen molar-refractivity contribution in [2.24, 2.45) is 0 Å². The van der Waals surface area contributed by atoms with Crippen molar-refractivity contribution >= 4 is 21.6 Å². The number of ether oxygens (including phenoxy) is 1. The number of aromatic nitrogens is 1. The lowest BCUT2D eigenvalue weighted by Crippen LogP contribution is -2.03. The molecule has 0 aliphatic heterocycles. The summed E-state index contributed by atoms with van der Waals surface area (Å²) in [5.74, 6) is 0. The van der Waals surface area contributed by atoms with E-state index in [1.807, 2.05) is 6.07 Å². The zero-order valence-electron chi connectivity index (χ0n) is 18.7. The molecule has 0 atom stereocenters. The monoisotopic (exact) mass is 419 g/mol. The number of hydrogen-bond acceptors (Lipinski definition) is 3. The standard InChI is InChI=1S/C25H41NO2S/c1-3-5-7-9-11-12-14-16-18-28-24-20-22-23(27)19-21(26-25(22)29-24)17-15-13-10-8-6-4-2/h19-20H,3-18H2,1-2H3,(H,26,27). The Morgan fingerprint density at radius 1 is 0.793 bits per heavy atom. The maximum absolute atomic E-state index is 12.4. The number of aromatic amines is 1. The Hall–Kier alpha value is -1.29. The molecule has 0 saturated carbocycles. The third-order valence-electron chi connectivity index (χ3n) is 5.60. The predicted molar refractivity (Wildman–Crippen MR) is 128 cm³/mol. The van der Waals surface area contributed by atoms with E-state index in [1.165, 1.54) is 77.0 Å². The van der Waals surface area contributed by atoms with Gasteiger partial charge in [-0.1, -0.05) is 102 Å². The fourth-order valence-corrected chi connectivity index (χ4v) is 4.74. The van der Waals surface area contributed by atoms with Crippen LogP contribution in [0.15, 0.2) is 16.9 Å². The van der Waals surface area contributed by atoms with Crippen LogP contribution in [0.1, 0.15) is 109 Å². The molecular formula is C25H41NO2S.